The van der Waals surface area contributed by atoms with Gasteiger partial charge in [-0.25, -0.2) is 0 Å². The molecular formula is C23H42O. The predicted octanol–water partition coefficient (Wildman–Crippen LogP) is 8.30. The van der Waals surface area contributed by atoms with E-state index in [1.165, 1.54) is 0 Å². The number of ketones is 1. The third-order valence-corrected chi connectivity index (χ3v) is 1.96. The number of rotatable bonds is 3. The number of hydrogen-bond acceptors (Lipinski definition) is 1. The molecule has 24 heavy (non-hydrogen) atoms. The summed E-state index contributed by atoms with van der Waals surface area (Å²) < 4.78 is 0. The summed E-state index contributed by atoms with van der Waals surface area (Å²) in [6.45, 7) is 25.8. The molecule has 1 aromatic carbocycles. The lowest BCUT2D eigenvalue weighted by Crippen LogP contribution is -2.00. The highest BCUT2D eigenvalue weighted by atomic mass is 16.1. The molecule has 0 saturated carbocycles. The average Bonchev–Trinajstić information content (AvgIpc) is 2.74. The lowest BCUT2D eigenvalue weighted by Gasteiger charge is -2.00. The minimum Gasteiger partial charge on any atom is -0.289 e. The summed E-state index contributed by atoms with van der Waals surface area (Å²) in [5, 5.41) is 0. The Bertz CT molecular complexity index is 372. The Hall–Kier alpha value is -1.89. The Balaban J connectivity index is -0.000000103. The number of benzene rings is 1. The maximum atomic E-state index is 11.8. The van der Waals surface area contributed by atoms with Crippen molar-refractivity contribution in [2.24, 2.45) is 0 Å². The Labute approximate surface area is 153 Å². The van der Waals surface area contributed by atoms with Crippen molar-refractivity contribution in [3.63, 3.8) is 0 Å². The highest BCUT2D eigenvalue weighted by molar-refractivity contribution is 6.10. The number of hydrogen-bond donors (Lipinski definition) is 0. The third kappa shape index (κ3) is 20.1. The molecule has 0 aliphatic heterocycles. The van der Waals surface area contributed by atoms with Gasteiger partial charge in [0.15, 0.2) is 5.78 Å². The molecule has 0 aliphatic rings. The summed E-state index contributed by atoms with van der Waals surface area (Å²) in [6, 6.07) is 9.30. The van der Waals surface area contributed by atoms with Crippen molar-refractivity contribution >= 4 is 5.78 Å². The molecular weight excluding hydrogens is 292 g/mol. The van der Waals surface area contributed by atoms with Gasteiger partial charge < -0.3 is 0 Å². The van der Waals surface area contributed by atoms with E-state index in [-0.39, 0.29) is 5.78 Å². The summed E-state index contributed by atoms with van der Waals surface area (Å²) in [5.74, 6) is 0.0752. The molecule has 0 aromatic heterocycles. The van der Waals surface area contributed by atoms with Gasteiger partial charge in [0.2, 0.25) is 0 Å². The second kappa shape index (κ2) is 37.4. The normalized spacial score (nSPS) is 8.17. The van der Waals surface area contributed by atoms with Crippen molar-refractivity contribution < 1.29 is 4.79 Å². The zero-order chi connectivity index (χ0) is 20.4. The molecule has 0 saturated heterocycles. The van der Waals surface area contributed by atoms with E-state index in [9.17, 15) is 4.79 Å². The Morgan fingerprint density at radius 1 is 0.792 bits per heavy atom. The summed E-state index contributed by atoms with van der Waals surface area (Å²) in [4.78, 5) is 11.8. The van der Waals surface area contributed by atoms with Gasteiger partial charge in [-0.3, -0.25) is 4.79 Å². The van der Waals surface area contributed by atoms with Gasteiger partial charge in [0.25, 0.3) is 0 Å². The maximum Gasteiger partial charge on any atom is 0.192 e. The SMILES string of the molecule is C/C=C\C(=C/C)C(=O)c1ccccc1.C=C.CC.CC.CC.CC. The molecule has 1 heteroatoms. The van der Waals surface area contributed by atoms with Crippen LogP contribution in [0.4, 0.5) is 0 Å². The van der Waals surface area contributed by atoms with E-state index in [2.05, 4.69) is 13.2 Å². The van der Waals surface area contributed by atoms with E-state index in [1.54, 1.807) is 0 Å². The number of Topliss-reactive ketones (excluding diaryl/α,β-unsaturated/α-hetero) is 1. The van der Waals surface area contributed by atoms with Crippen molar-refractivity contribution in [1.82, 2.24) is 0 Å². The van der Waals surface area contributed by atoms with Gasteiger partial charge >= 0.3 is 0 Å². The first kappa shape index (κ1) is 33.7. The summed E-state index contributed by atoms with van der Waals surface area (Å²) >= 11 is 0. The first-order valence-corrected chi connectivity index (χ1v) is 9.18. The monoisotopic (exact) mass is 334 g/mol. The zero-order valence-corrected chi connectivity index (χ0v) is 17.9. The molecule has 0 unspecified atom stereocenters. The highest BCUT2D eigenvalue weighted by Gasteiger charge is 2.06. The zero-order valence-electron chi connectivity index (χ0n) is 17.9. The molecule has 0 radical (unpaired) electrons. The van der Waals surface area contributed by atoms with Crippen LogP contribution in [-0.4, -0.2) is 5.78 Å². The van der Waals surface area contributed by atoms with Crippen LogP contribution < -0.4 is 0 Å². The van der Waals surface area contributed by atoms with Crippen molar-refractivity contribution in [2.75, 3.05) is 0 Å². The van der Waals surface area contributed by atoms with E-state index in [4.69, 9.17) is 0 Å². The molecule has 0 spiro atoms. The van der Waals surface area contributed by atoms with Crippen molar-refractivity contribution in [1.29, 1.82) is 0 Å². The van der Waals surface area contributed by atoms with Crippen LogP contribution in [0.2, 0.25) is 0 Å². The van der Waals surface area contributed by atoms with Crippen LogP contribution in [0.1, 0.15) is 79.6 Å². The molecule has 1 aromatic rings. The number of carbonyl (C=O) groups is 1. The second-order valence-electron chi connectivity index (χ2n) is 2.94. The topological polar surface area (TPSA) is 17.1 Å². The van der Waals surface area contributed by atoms with Crippen molar-refractivity contribution in [2.45, 2.75) is 69.2 Å². The quantitative estimate of drug-likeness (QED) is 0.235. The van der Waals surface area contributed by atoms with Crippen LogP contribution in [0, 0.1) is 0 Å². The van der Waals surface area contributed by atoms with E-state index in [0.29, 0.717) is 0 Å². The van der Waals surface area contributed by atoms with E-state index in [0.717, 1.165) is 11.1 Å². The van der Waals surface area contributed by atoms with Crippen molar-refractivity contribution in [3.8, 4) is 0 Å². The maximum absolute atomic E-state index is 11.8. The summed E-state index contributed by atoms with van der Waals surface area (Å²) in [7, 11) is 0. The summed E-state index contributed by atoms with van der Waals surface area (Å²) in [6.07, 6.45) is 5.53. The van der Waals surface area contributed by atoms with Gasteiger partial charge in [-0.1, -0.05) is 104 Å². The second-order valence-corrected chi connectivity index (χ2v) is 2.94. The molecule has 0 aliphatic carbocycles. The smallest absolute Gasteiger partial charge is 0.192 e. The van der Waals surface area contributed by atoms with Gasteiger partial charge in [0, 0.05) is 11.1 Å². The molecule has 0 amide bonds. The Morgan fingerprint density at radius 2 is 1.17 bits per heavy atom. The highest BCUT2D eigenvalue weighted by Crippen LogP contribution is 2.09. The largest absolute Gasteiger partial charge is 0.289 e. The lowest BCUT2D eigenvalue weighted by atomic mass is 10.0. The van der Waals surface area contributed by atoms with Gasteiger partial charge in [-0.05, 0) is 13.8 Å². The van der Waals surface area contributed by atoms with Gasteiger partial charge in [0.05, 0.1) is 0 Å². The number of allylic oxidation sites excluding steroid dienone is 4. The third-order valence-electron chi connectivity index (χ3n) is 1.96. The predicted molar refractivity (Wildman–Crippen MR) is 116 cm³/mol. The van der Waals surface area contributed by atoms with Crippen molar-refractivity contribution in [3.05, 3.63) is 72.9 Å². The lowest BCUT2D eigenvalue weighted by molar-refractivity contribution is 0.103. The average molecular weight is 335 g/mol. The minimum atomic E-state index is 0.0752. The number of carbonyl (C=O) groups excluding carboxylic acids is 1. The first-order chi connectivity index (χ1) is 11.8. The Kier molecular flexibility index (Phi) is 52.4. The van der Waals surface area contributed by atoms with Crippen LogP contribution in [0.15, 0.2) is 67.3 Å². The molecule has 0 bridgehead atoms. The van der Waals surface area contributed by atoms with Crippen LogP contribution in [0.3, 0.4) is 0 Å². The van der Waals surface area contributed by atoms with E-state index >= 15 is 0 Å². The van der Waals surface area contributed by atoms with Crippen LogP contribution >= 0.6 is 0 Å². The first-order valence-electron chi connectivity index (χ1n) is 9.18. The van der Waals surface area contributed by atoms with Gasteiger partial charge in [-0.15, -0.1) is 13.2 Å². The molecule has 0 atom stereocenters. The molecule has 1 nitrogen and oxygen atoms in total. The fraction of sp³-hybridized carbons (Fsp3) is 0.435. The van der Waals surface area contributed by atoms with Crippen LogP contribution in [-0.2, 0) is 0 Å². The van der Waals surface area contributed by atoms with Crippen LogP contribution in [0.5, 0.6) is 0 Å². The molecule has 140 valence electrons. The van der Waals surface area contributed by atoms with Crippen LogP contribution in [0.25, 0.3) is 0 Å². The fourth-order valence-electron chi connectivity index (χ4n) is 1.24. The minimum absolute atomic E-state index is 0.0752. The molecule has 0 heterocycles. The standard InChI is InChI=1S/C13H14O.4C2H6.C2H4/c1-3-8-11(4-2)13(14)12-9-6-5-7-10-12;5*1-2/h3-10H,1-2H3;4*1-2H3;1-2H2/b8-3-,11-4+;;;;;. The van der Waals surface area contributed by atoms with Gasteiger partial charge in [-0.2, -0.15) is 0 Å². The summed E-state index contributed by atoms with van der Waals surface area (Å²) in [5.41, 5.74) is 1.47. The molecule has 0 fully saturated rings. The van der Waals surface area contributed by atoms with E-state index < -0.39 is 0 Å². The Morgan fingerprint density at radius 3 is 1.46 bits per heavy atom. The molecule has 0 N–H and O–H groups in total. The van der Waals surface area contributed by atoms with E-state index in [1.807, 2.05) is 118 Å². The van der Waals surface area contributed by atoms with Gasteiger partial charge in [0.1, 0.15) is 0 Å². The fourth-order valence-corrected chi connectivity index (χ4v) is 1.24. The molecule has 1 rings (SSSR count).